The summed E-state index contributed by atoms with van der Waals surface area (Å²) in [6.45, 7) is 2.11. The maximum Gasteiger partial charge on any atom is 0.0465 e. The van der Waals surface area contributed by atoms with E-state index in [0.29, 0.717) is 0 Å². The van der Waals surface area contributed by atoms with Gasteiger partial charge in [0.15, 0.2) is 0 Å². The molecule has 1 aromatic heterocycles. The molecule has 0 unspecified atom stereocenters. The quantitative estimate of drug-likeness (QED) is 0.421. The van der Waals surface area contributed by atoms with E-state index in [1.807, 2.05) is 6.07 Å². The third-order valence-corrected chi connectivity index (χ3v) is 4.54. The predicted octanol–water partition coefficient (Wildman–Crippen LogP) is 6.82. The fraction of sp³-hybridized carbons (Fsp3) is 0.0400. The average Bonchev–Trinajstić information content (AvgIpc) is 3.04. The van der Waals surface area contributed by atoms with Crippen LogP contribution in [0, 0.1) is 6.92 Å². The second-order valence-corrected chi connectivity index (χ2v) is 6.49. The Kier molecular flexibility index (Phi) is 4.53. The highest BCUT2D eigenvalue weighted by Crippen LogP contribution is 2.26. The molecule has 0 aliphatic carbocycles. The van der Waals surface area contributed by atoms with Crippen LogP contribution in [0.3, 0.4) is 0 Å². The molecular formula is C25H21N. The van der Waals surface area contributed by atoms with E-state index < -0.39 is 0 Å². The van der Waals surface area contributed by atoms with E-state index in [0.717, 1.165) is 11.2 Å². The molecule has 126 valence electrons. The van der Waals surface area contributed by atoms with Gasteiger partial charge in [-0.15, -0.1) is 0 Å². The van der Waals surface area contributed by atoms with Crippen molar-refractivity contribution in [2.45, 2.75) is 6.92 Å². The first-order chi connectivity index (χ1) is 12.8. The first-order valence-electron chi connectivity index (χ1n) is 8.88. The molecule has 0 amide bonds. The monoisotopic (exact) mass is 335 g/mol. The Morgan fingerprint density at radius 2 is 1.27 bits per heavy atom. The van der Waals surface area contributed by atoms with E-state index in [2.05, 4.69) is 109 Å². The molecule has 4 rings (SSSR count). The maximum atomic E-state index is 3.54. The van der Waals surface area contributed by atoms with E-state index in [1.54, 1.807) is 0 Å². The zero-order valence-electron chi connectivity index (χ0n) is 14.8. The summed E-state index contributed by atoms with van der Waals surface area (Å²) in [4.78, 5) is 3.54. The molecule has 0 saturated carbocycles. The van der Waals surface area contributed by atoms with E-state index in [-0.39, 0.29) is 0 Å². The second-order valence-electron chi connectivity index (χ2n) is 6.49. The lowest BCUT2D eigenvalue weighted by molar-refractivity contribution is 1.42. The van der Waals surface area contributed by atoms with Gasteiger partial charge in [-0.2, -0.15) is 0 Å². The summed E-state index contributed by atoms with van der Waals surface area (Å²) < 4.78 is 0. The van der Waals surface area contributed by atoms with Gasteiger partial charge in [-0.05, 0) is 30.2 Å². The van der Waals surface area contributed by atoms with Crippen LogP contribution in [0.2, 0.25) is 0 Å². The zero-order chi connectivity index (χ0) is 17.8. The number of rotatable bonds is 4. The molecule has 26 heavy (non-hydrogen) atoms. The van der Waals surface area contributed by atoms with Crippen LogP contribution in [0.1, 0.15) is 27.9 Å². The number of aryl methyl sites for hydroxylation is 1. The lowest BCUT2D eigenvalue weighted by atomic mass is 10.1. The van der Waals surface area contributed by atoms with Crippen molar-refractivity contribution < 1.29 is 0 Å². The van der Waals surface area contributed by atoms with Crippen LogP contribution < -0.4 is 0 Å². The smallest absolute Gasteiger partial charge is 0.0465 e. The first kappa shape index (κ1) is 16.2. The number of nitrogens with one attached hydrogen (secondary N) is 1. The van der Waals surface area contributed by atoms with Crippen molar-refractivity contribution in [1.82, 2.24) is 4.98 Å². The number of aromatic nitrogens is 1. The van der Waals surface area contributed by atoms with E-state index in [1.165, 1.54) is 27.6 Å². The molecule has 1 heteroatoms. The van der Waals surface area contributed by atoms with E-state index in [4.69, 9.17) is 0 Å². The van der Waals surface area contributed by atoms with Crippen molar-refractivity contribution in [3.8, 4) is 0 Å². The van der Waals surface area contributed by atoms with Crippen LogP contribution in [-0.4, -0.2) is 4.98 Å². The lowest BCUT2D eigenvalue weighted by Gasteiger charge is -1.97. The van der Waals surface area contributed by atoms with Crippen molar-refractivity contribution in [3.05, 3.63) is 107 Å². The minimum absolute atomic E-state index is 1.12. The Morgan fingerprint density at radius 1 is 0.615 bits per heavy atom. The van der Waals surface area contributed by atoms with Crippen LogP contribution in [0.5, 0.6) is 0 Å². The summed E-state index contributed by atoms with van der Waals surface area (Å²) in [7, 11) is 0. The third-order valence-electron chi connectivity index (χ3n) is 4.54. The highest BCUT2D eigenvalue weighted by molar-refractivity contribution is 5.96. The number of benzene rings is 3. The minimum atomic E-state index is 1.12. The standard InChI is InChI=1S/C25H21N/c1-19-11-13-21(14-12-19)15-17-23-22-9-5-6-10-24(22)26-25(23)18-16-20-7-3-2-4-8-20/h2-18,26H,1H3/b17-15+,18-16+. The molecule has 3 aromatic carbocycles. The van der Waals surface area contributed by atoms with Gasteiger partial charge in [-0.3, -0.25) is 0 Å². The Bertz CT molecular complexity index is 1060. The molecule has 0 fully saturated rings. The van der Waals surface area contributed by atoms with Crippen molar-refractivity contribution in [1.29, 1.82) is 0 Å². The first-order valence-corrected chi connectivity index (χ1v) is 8.88. The van der Waals surface area contributed by atoms with Gasteiger partial charge in [0.1, 0.15) is 0 Å². The largest absolute Gasteiger partial charge is 0.355 e. The van der Waals surface area contributed by atoms with Crippen molar-refractivity contribution in [3.63, 3.8) is 0 Å². The maximum absolute atomic E-state index is 3.54. The molecule has 1 N–H and O–H groups in total. The van der Waals surface area contributed by atoms with Crippen LogP contribution in [-0.2, 0) is 0 Å². The van der Waals surface area contributed by atoms with Gasteiger partial charge in [0.25, 0.3) is 0 Å². The van der Waals surface area contributed by atoms with E-state index >= 15 is 0 Å². The number of H-pyrrole nitrogens is 1. The number of hydrogen-bond donors (Lipinski definition) is 1. The zero-order valence-corrected chi connectivity index (χ0v) is 14.8. The molecule has 0 radical (unpaired) electrons. The van der Waals surface area contributed by atoms with Crippen LogP contribution in [0.15, 0.2) is 78.9 Å². The van der Waals surface area contributed by atoms with Crippen LogP contribution >= 0.6 is 0 Å². The molecular weight excluding hydrogens is 314 g/mol. The van der Waals surface area contributed by atoms with Crippen LogP contribution in [0.25, 0.3) is 35.2 Å². The number of aromatic amines is 1. The summed E-state index contributed by atoms with van der Waals surface area (Å²) in [5.41, 5.74) is 7.18. The normalized spacial score (nSPS) is 11.7. The van der Waals surface area contributed by atoms with E-state index in [9.17, 15) is 0 Å². The molecule has 0 aliphatic rings. The molecule has 0 bridgehead atoms. The molecule has 1 heterocycles. The Hall–Kier alpha value is -3.32. The van der Waals surface area contributed by atoms with Crippen molar-refractivity contribution in [2.75, 3.05) is 0 Å². The predicted molar refractivity (Wildman–Crippen MR) is 114 cm³/mol. The highest BCUT2D eigenvalue weighted by atomic mass is 14.7. The highest BCUT2D eigenvalue weighted by Gasteiger charge is 2.06. The lowest BCUT2D eigenvalue weighted by Crippen LogP contribution is -1.78. The van der Waals surface area contributed by atoms with Gasteiger partial charge in [-0.1, -0.05) is 96.6 Å². The topological polar surface area (TPSA) is 15.8 Å². The molecule has 0 saturated heterocycles. The Balaban J connectivity index is 1.74. The Labute approximate surface area is 154 Å². The number of hydrogen-bond acceptors (Lipinski definition) is 0. The van der Waals surface area contributed by atoms with Gasteiger partial charge in [-0.25, -0.2) is 0 Å². The Morgan fingerprint density at radius 3 is 2.08 bits per heavy atom. The van der Waals surface area contributed by atoms with Crippen molar-refractivity contribution >= 4 is 35.2 Å². The van der Waals surface area contributed by atoms with Crippen molar-refractivity contribution in [2.24, 2.45) is 0 Å². The summed E-state index contributed by atoms with van der Waals surface area (Å²) >= 11 is 0. The number of para-hydroxylation sites is 1. The number of fused-ring (bicyclic) bond motifs is 1. The fourth-order valence-electron chi connectivity index (χ4n) is 3.10. The third kappa shape index (κ3) is 3.52. The van der Waals surface area contributed by atoms with Gasteiger partial charge >= 0.3 is 0 Å². The summed E-state index contributed by atoms with van der Waals surface area (Å²) in [6.07, 6.45) is 8.68. The summed E-state index contributed by atoms with van der Waals surface area (Å²) in [5.74, 6) is 0. The fourth-order valence-corrected chi connectivity index (χ4v) is 3.10. The minimum Gasteiger partial charge on any atom is -0.355 e. The molecule has 0 aliphatic heterocycles. The van der Waals surface area contributed by atoms with Gasteiger partial charge < -0.3 is 4.98 Å². The second kappa shape index (κ2) is 7.28. The molecule has 1 nitrogen and oxygen atoms in total. The van der Waals surface area contributed by atoms with Crippen LogP contribution in [0.4, 0.5) is 0 Å². The molecule has 0 atom stereocenters. The van der Waals surface area contributed by atoms with Gasteiger partial charge in [0.05, 0.1) is 0 Å². The van der Waals surface area contributed by atoms with Gasteiger partial charge in [0, 0.05) is 22.2 Å². The summed E-state index contributed by atoms with van der Waals surface area (Å²) in [5, 5.41) is 1.24. The van der Waals surface area contributed by atoms with Gasteiger partial charge in [0.2, 0.25) is 0 Å². The summed E-state index contributed by atoms with van der Waals surface area (Å²) in [6, 6.07) is 27.4. The SMILES string of the molecule is Cc1ccc(/C=C/c2c(/C=C/c3ccccc3)[nH]c3ccccc23)cc1. The molecule has 0 spiro atoms. The average molecular weight is 335 g/mol. The molecule has 4 aromatic rings.